The number of nitrogens with zero attached hydrogens (tertiary/aromatic N) is 1. The maximum atomic E-state index is 12.3. The third kappa shape index (κ3) is 3.11. The van der Waals surface area contributed by atoms with Gasteiger partial charge in [-0.05, 0) is 33.3 Å². The minimum atomic E-state index is -3.48. The van der Waals surface area contributed by atoms with E-state index in [4.69, 9.17) is 4.52 Å². The molecule has 0 aliphatic heterocycles. The molecule has 110 valence electrons. The summed E-state index contributed by atoms with van der Waals surface area (Å²) in [5.74, 6) is 0.598. The van der Waals surface area contributed by atoms with Gasteiger partial charge in [-0.25, -0.2) is 13.1 Å². The highest BCUT2D eigenvalue weighted by Gasteiger charge is 2.22. The second-order valence-corrected chi connectivity index (χ2v) is 7.73. The summed E-state index contributed by atoms with van der Waals surface area (Å²) >= 11 is 1.39. The van der Waals surface area contributed by atoms with Crippen LogP contribution in [0.4, 0.5) is 0 Å². The number of hydrogen-bond donors (Lipinski definition) is 1. The Bertz CT molecular complexity index is 701. The van der Waals surface area contributed by atoms with Crippen molar-refractivity contribution >= 4 is 21.4 Å². The van der Waals surface area contributed by atoms with Gasteiger partial charge in [-0.1, -0.05) is 12.1 Å². The predicted octanol–water partition coefficient (Wildman–Crippen LogP) is 3.10. The minimum absolute atomic E-state index is 0.0877. The second kappa shape index (κ2) is 5.67. The molecule has 1 N–H and O–H groups in total. The highest BCUT2D eigenvalue weighted by molar-refractivity contribution is 7.89. The maximum absolute atomic E-state index is 12.3. The van der Waals surface area contributed by atoms with Crippen LogP contribution in [0.3, 0.4) is 0 Å². The molecule has 0 unspecified atom stereocenters. The van der Waals surface area contributed by atoms with Crippen LogP contribution in [0.2, 0.25) is 0 Å². The van der Waals surface area contributed by atoms with Crippen LogP contribution in [0.15, 0.2) is 21.6 Å². The Morgan fingerprint density at radius 2 is 2.10 bits per heavy atom. The van der Waals surface area contributed by atoms with Crippen molar-refractivity contribution in [1.29, 1.82) is 0 Å². The minimum Gasteiger partial charge on any atom is -0.355 e. The van der Waals surface area contributed by atoms with Gasteiger partial charge in [-0.3, -0.25) is 0 Å². The van der Waals surface area contributed by atoms with Crippen molar-refractivity contribution in [3.05, 3.63) is 22.7 Å². The lowest BCUT2D eigenvalue weighted by Crippen LogP contribution is -2.32. The molecule has 2 rings (SSSR count). The fourth-order valence-electron chi connectivity index (χ4n) is 1.74. The highest BCUT2D eigenvalue weighted by Crippen LogP contribution is 2.33. The summed E-state index contributed by atoms with van der Waals surface area (Å²) in [7, 11) is -3.48. The Morgan fingerprint density at radius 3 is 2.65 bits per heavy atom. The summed E-state index contributed by atoms with van der Waals surface area (Å²) in [6, 6.07) is 3.35. The smallest absolute Gasteiger partial charge is 0.241 e. The highest BCUT2D eigenvalue weighted by atomic mass is 32.2. The molecule has 1 atom stereocenters. The Hall–Kier alpha value is -1.18. The molecule has 0 saturated heterocycles. The lowest BCUT2D eigenvalue weighted by molar-refractivity contribution is 0.428. The number of hydrogen-bond acceptors (Lipinski definition) is 5. The third-order valence-electron chi connectivity index (χ3n) is 3.00. The fraction of sp³-hybridized carbons (Fsp3) is 0.462. The molecule has 0 spiro atoms. The van der Waals surface area contributed by atoms with Gasteiger partial charge >= 0.3 is 0 Å². The maximum Gasteiger partial charge on any atom is 0.241 e. The number of nitrogens with one attached hydrogen (secondary N) is 1. The molecule has 0 fully saturated rings. The molecule has 0 amide bonds. The summed E-state index contributed by atoms with van der Waals surface area (Å²) in [5.41, 5.74) is 0.771. The number of aryl methyl sites for hydroxylation is 2. The molecule has 5 nitrogen and oxygen atoms in total. The summed E-state index contributed by atoms with van der Waals surface area (Å²) in [6.07, 6.45) is 0.747. The van der Waals surface area contributed by atoms with E-state index in [1.54, 1.807) is 19.1 Å². The zero-order valence-electron chi connectivity index (χ0n) is 11.9. The van der Waals surface area contributed by atoms with Gasteiger partial charge in [-0.15, -0.1) is 11.3 Å². The molecule has 0 radical (unpaired) electrons. The monoisotopic (exact) mass is 314 g/mol. The average Bonchev–Trinajstić information content (AvgIpc) is 2.95. The van der Waals surface area contributed by atoms with Gasteiger partial charge in [-0.2, -0.15) is 0 Å². The van der Waals surface area contributed by atoms with Crippen LogP contribution in [-0.2, 0) is 10.0 Å². The molecule has 7 heteroatoms. The normalized spacial score (nSPS) is 13.6. The second-order valence-electron chi connectivity index (χ2n) is 4.79. The summed E-state index contributed by atoms with van der Waals surface area (Å²) in [5, 5.41) is 3.82. The van der Waals surface area contributed by atoms with E-state index in [0.717, 1.165) is 21.9 Å². The quantitative estimate of drug-likeness (QED) is 0.920. The summed E-state index contributed by atoms with van der Waals surface area (Å²) in [4.78, 5) is 1.82. The third-order valence-corrected chi connectivity index (χ3v) is 5.91. The summed E-state index contributed by atoms with van der Waals surface area (Å²) < 4.78 is 32.5. The Morgan fingerprint density at radius 1 is 1.40 bits per heavy atom. The van der Waals surface area contributed by atoms with Crippen LogP contribution in [0.1, 0.15) is 30.8 Å². The van der Waals surface area contributed by atoms with Gasteiger partial charge in [0.05, 0.1) is 15.5 Å². The van der Waals surface area contributed by atoms with E-state index in [1.165, 1.54) is 11.3 Å². The van der Waals surface area contributed by atoms with E-state index in [9.17, 15) is 8.42 Å². The average molecular weight is 314 g/mol. The molecular formula is C13H18N2O3S2. The zero-order valence-corrected chi connectivity index (χ0v) is 13.6. The molecule has 2 heterocycles. The van der Waals surface area contributed by atoms with E-state index in [0.29, 0.717) is 10.7 Å². The first-order valence-electron chi connectivity index (χ1n) is 6.40. The Balaban J connectivity index is 2.37. The van der Waals surface area contributed by atoms with Crippen molar-refractivity contribution in [3.63, 3.8) is 0 Å². The molecule has 0 bridgehead atoms. The van der Waals surface area contributed by atoms with Gasteiger partial charge in [0.1, 0.15) is 0 Å². The molecule has 2 aromatic heterocycles. The number of thiophene rings is 1. The number of sulfonamides is 1. The largest absolute Gasteiger partial charge is 0.355 e. The molecule has 0 aliphatic rings. The van der Waals surface area contributed by atoms with Crippen molar-refractivity contribution in [2.24, 2.45) is 0 Å². The fourth-order valence-corrected chi connectivity index (χ4v) is 4.61. The van der Waals surface area contributed by atoms with Crippen LogP contribution in [0, 0.1) is 13.8 Å². The lowest BCUT2D eigenvalue weighted by atomic mass is 10.3. The van der Waals surface area contributed by atoms with Crippen molar-refractivity contribution in [1.82, 2.24) is 9.88 Å². The first-order valence-corrected chi connectivity index (χ1v) is 8.70. The van der Waals surface area contributed by atoms with E-state index < -0.39 is 10.0 Å². The van der Waals surface area contributed by atoms with Crippen LogP contribution in [-0.4, -0.2) is 19.6 Å². The lowest BCUT2D eigenvalue weighted by Gasteiger charge is -2.11. The predicted molar refractivity (Wildman–Crippen MR) is 79.4 cm³/mol. The molecule has 0 aromatic carbocycles. The van der Waals surface area contributed by atoms with Gasteiger partial charge < -0.3 is 4.52 Å². The molecular weight excluding hydrogens is 296 g/mol. The Labute approximate surface area is 123 Å². The van der Waals surface area contributed by atoms with Crippen molar-refractivity contribution in [3.8, 4) is 10.6 Å². The Kier molecular flexibility index (Phi) is 4.31. The van der Waals surface area contributed by atoms with Gasteiger partial charge in [0, 0.05) is 17.0 Å². The SMILES string of the molecule is CC[C@@H](C)NS(=O)(=O)c1cc(-c2cc(C)no2)sc1C. The van der Waals surface area contributed by atoms with Crippen LogP contribution in [0.25, 0.3) is 10.6 Å². The van der Waals surface area contributed by atoms with Gasteiger partial charge in [0.15, 0.2) is 5.76 Å². The van der Waals surface area contributed by atoms with Crippen molar-refractivity contribution in [2.75, 3.05) is 0 Å². The topological polar surface area (TPSA) is 72.2 Å². The molecule has 2 aromatic rings. The first-order chi connectivity index (χ1) is 9.33. The number of aromatic nitrogens is 1. The van der Waals surface area contributed by atoms with Crippen molar-refractivity contribution < 1.29 is 12.9 Å². The van der Waals surface area contributed by atoms with Crippen LogP contribution >= 0.6 is 11.3 Å². The van der Waals surface area contributed by atoms with E-state index in [2.05, 4.69) is 9.88 Å². The molecule has 0 saturated carbocycles. The summed E-state index contributed by atoms with van der Waals surface area (Å²) in [6.45, 7) is 7.41. The van der Waals surface area contributed by atoms with E-state index >= 15 is 0 Å². The number of rotatable bonds is 5. The zero-order chi connectivity index (χ0) is 14.9. The van der Waals surface area contributed by atoms with E-state index in [1.807, 2.05) is 20.8 Å². The van der Waals surface area contributed by atoms with E-state index in [-0.39, 0.29) is 6.04 Å². The van der Waals surface area contributed by atoms with Crippen molar-refractivity contribution in [2.45, 2.75) is 45.1 Å². The molecule has 20 heavy (non-hydrogen) atoms. The van der Waals surface area contributed by atoms with Gasteiger partial charge in [0.25, 0.3) is 0 Å². The van der Waals surface area contributed by atoms with Crippen LogP contribution in [0.5, 0.6) is 0 Å². The standard InChI is InChI=1S/C13H18N2O3S2/c1-5-8(2)15-20(16,17)13-7-12(19-10(13)4)11-6-9(3)14-18-11/h6-8,15H,5H2,1-4H3/t8-/m1/s1. The molecule has 0 aliphatic carbocycles. The van der Waals surface area contributed by atoms with Gasteiger partial charge in [0.2, 0.25) is 10.0 Å². The van der Waals surface area contributed by atoms with Crippen LogP contribution < -0.4 is 4.72 Å². The first kappa shape index (κ1) is 15.2.